The molecule has 2 aromatic carbocycles. The van der Waals surface area contributed by atoms with Gasteiger partial charge in [-0.1, -0.05) is 49.6 Å². The molecule has 3 rings (SSSR count). The summed E-state index contributed by atoms with van der Waals surface area (Å²) in [7, 11) is -3.81. The van der Waals surface area contributed by atoms with Crippen LogP contribution in [-0.2, 0) is 26.2 Å². The molecule has 2 aromatic rings. The molecule has 208 valence electrons. The fourth-order valence-electron chi connectivity index (χ4n) is 4.82. The molecule has 7 nitrogen and oxygen atoms in total. The average molecular weight is 550 g/mol. The monoisotopic (exact) mass is 549 g/mol. The van der Waals surface area contributed by atoms with Crippen LogP contribution in [0.1, 0.15) is 63.0 Å². The molecule has 1 unspecified atom stereocenters. The van der Waals surface area contributed by atoms with Gasteiger partial charge in [-0.05, 0) is 50.3 Å². The van der Waals surface area contributed by atoms with Crippen molar-refractivity contribution in [1.82, 2.24) is 10.2 Å². The van der Waals surface area contributed by atoms with Gasteiger partial charge in [0, 0.05) is 31.6 Å². The van der Waals surface area contributed by atoms with Crippen LogP contribution < -0.4 is 9.62 Å². The van der Waals surface area contributed by atoms with Crippen molar-refractivity contribution in [3.63, 3.8) is 0 Å². The van der Waals surface area contributed by atoms with E-state index in [4.69, 9.17) is 0 Å². The maximum atomic E-state index is 13.8. The zero-order chi connectivity index (χ0) is 27.9. The maximum absolute atomic E-state index is 13.8. The van der Waals surface area contributed by atoms with E-state index in [1.54, 1.807) is 4.90 Å². The number of nitrogens with one attached hydrogen (secondary N) is 1. The molecule has 0 aromatic heterocycles. The molecule has 0 radical (unpaired) electrons. The van der Waals surface area contributed by atoms with E-state index in [2.05, 4.69) is 5.32 Å². The highest BCUT2D eigenvalue weighted by molar-refractivity contribution is 7.92. The first-order chi connectivity index (χ1) is 18.0. The molecular weight excluding hydrogens is 512 g/mol. The normalized spacial score (nSPS) is 14.8. The second-order valence-electron chi connectivity index (χ2n) is 9.96. The average Bonchev–Trinajstić information content (AvgIpc) is 3.37. The highest BCUT2D eigenvalue weighted by atomic mass is 32.2. The van der Waals surface area contributed by atoms with Crippen molar-refractivity contribution in [3.05, 3.63) is 65.2 Å². The summed E-state index contributed by atoms with van der Waals surface area (Å²) < 4.78 is 52.9. The molecule has 38 heavy (non-hydrogen) atoms. The first-order valence-electron chi connectivity index (χ1n) is 13.1. The molecule has 0 saturated heterocycles. The van der Waals surface area contributed by atoms with E-state index in [9.17, 15) is 26.8 Å². The van der Waals surface area contributed by atoms with Gasteiger partial charge in [0.1, 0.15) is 6.04 Å². The van der Waals surface area contributed by atoms with Crippen molar-refractivity contribution in [1.29, 1.82) is 0 Å². The number of hydrogen-bond donors (Lipinski definition) is 1. The van der Waals surface area contributed by atoms with E-state index in [-0.39, 0.29) is 49.5 Å². The quantitative estimate of drug-likeness (QED) is 0.416. The number of nitrogens with zero attached hydrogens (tertiary/aromatic N) is 2. The summed E-state index contributed by atoms with van der Waals surface area (Å²) in [5, 5.41) is 3.10. The van der Waals surface area contributed by atoms with Gasteiger partial charge in [0.15, 0.2) is 11.6 Å². The molecule has 0 aliphatic heterocycles. The minimum atomic E-state index is -3.81. The van der Waals surface area contributed by atoms with E-state index in [0.717, 1.165) is 59.5 Å². The fourth-order valence-corrected chi connectivity index (χ4v) is 5.78. The summed E-state index contributed by atoms with van der Waals surface area (Å²) in [6, 6.07) is 10.1. The molecule has 1 saturated carbocycles. The molecule has 0 bridgehead atoms. The van der Waals surface area contributed by atoms with Crippen LogP contribution in [0, 0.1) is 18.6 Å². The number of hydrogen-bond acceptors (Lipinski definition) is 4. The lowest BCUT2D eigenvalue weighted by Gasteiger charge is -2.32. The highest BCUT2D eigenvalue weighted by Crippen LogP contribution is 2.23. The second-order valence-corrected chi connectivity index (χ2v) is 11.9. The van der Waals surface area contributed by atoms with Gasteiger partial charge >= 0.3 is 0 Å². The Hall–Kier alpha value is -3.01. The predicted octanol–water partition coefficient (Wildman–Crippen LogP) is 4.69. The van der Waals surface area contributed by atoms with E-state index < -0.39 is 27.7 Å². The molecule has 0 spiro atoms. The number of anilines is 1. The Labute approximate surface area is 224 Å². The first-order valence-corrected chi connectivity index (χ1v) is 14.9. The van der Waals surface area contributed by atoms with Gasteiger partial charge in [0.2, 0.25) is 21.8 Å². The molecule has 1 aliphatic rings. The van der Waals surface area contributed by atoms with Gasteiger partial charge in [-0.25, -0.2) is 17.2 Å². The number of carbonyl (C=O) groups excluding carboxylic acids is 2. The third-order valence-electron chi connectivity index (χ3n) is 6.90. The fraction of sp³-hybridized carbons (Fsp3) is 0.500. The van der Waals surface area contributed by atoms with Crippen molar-refractivity contribution >= 4 is 27.5 Å². The van der Waals surface area contributed by atoms with Crippen LogP contribution in [-0.4, -0.2) is 50.0 Å². The van der Waals surface area contributed by atoms with Gasteiger partial charge in [-0.2, -0.15) is 0 Å². The smallest absolute Gasteiger partial charge is 0.243 e. The first kappa shape index (κ1) is 29.5. The van der Waals surface area contributed by atoms with Crippen molar-refractivity contribution in [3.8, 4) is 0 Å². The van der Waals surface area contributed by atoms with Crippen LogP contribution in [0.3, 0.4) is 0 Å². The van der Waals surface area contributed by atoms with Gasteiger partial charge in [0.05, 0.1) is 11.9 Å². The van der Waals surface area contributed by atoms with Crippen LogP contribution in [0.5, 0.6) is 0 Å². The Kier molecular flexibility index (Phi) is 10.2. The summed E-state index contributed by atoms with van der Waals surface area (Å²) >= 11 is 0. The van der Waals surface area contributed by atoms with Crippen molar-refractivity contribution in [2.75, 3.05) is 17.1 Å². The van der Waals surface area contributed by atoms with Crippen LogP contribution in [0.25, 0.3) is 0 Å². The lowest BCUT2D eigenvalue weighted by atomic mass is 10.1. The molecule has 1 atom stereocenters. The third-order valence-corrected chi connectivity index (χ3v) is 8.10. The summed E-state index contributed by atoms with van der Waals surface area (Å²) in [5.74, 6) is -2.70. The van der Waals surface area contributed by atoms with Crippen LogP contribution in [0.15, 0.2) is 42.5 Å². The number of aryl methyl sites for hydroxylation is 1. The van der Waals surface area contributed by atoms with Gasteiger partial charge in [0.25, 0.3) is 0 Å². The van der Waals surface area contributed by atoms with E-state index in [1.165, 1.54) is 6.07 Å². The number of benzene rings is 2. The molecular formula is C28H37F2N3O4S. The Bertz CT molecular complexity index is 1220. The number of sulfonamides is 1. The second kappa shape index (κ2) is 13.2. The number of carbonyl (C=O) groups is 2. The Balaban J connectivity index is 1.76. The molecule has 1 aliphatic carbocycles. The van der Waals surface area contributed by atoms with E-state index in [1.807, 2.05) is 38.1 Å². The molecule has 10 heteroatoms. The topological polar surface area (TPSA) is 86.8 Å². The maximum Gasteiger partial charge on any atom is 0.243 e. The van der Waals surface area contributed by atoms with Gasteiger partial charge in [-0.3, -0.25) is 13.9 Å². The van der Waals surface area contributed by atoms with E-state index >= 15 is 0 Å². The lowest BCUT2D eigenvalue weighted by molar-refractivity contribution is -0.141. The highest BCUT2D eigenvalue weighted by Gasteiger charge is 2.30. The molecule has 1 fully saturated rings. The zero-order valence-corrected chi connectivity index (χ0v) is 23.1. The number of halogens is 2. The van der Waals surface area contributed by atoms with Gasteiger partial charge < -0.3 is 10.2 Å². The third kappa shape index (κ3) is 7.99. The predicted molar refractivity (Wildman–Crippen MR) is 144 cm³/mol. The minimum Gasteiger partial charge on any atom is -0.352 e. The summed E-state index contributed by atoms with van der Waals surface area (Å²) in [6.45, 7) is 3.98. The largest absolute Gasteiger partial charge is 0.352 e. The van der Waals surface area contributed by atoms with Crippen molar-refractivity contribution < 1.29 is 26.8 Å². The van der Waals surface area contributed by atoms with Crippen molar-refractivity contribution in [2.24, 2.45) is 0 Å². The number of amides is 2. The summed E-state index contributed by atoms with van der Waals surface area (Å²) in [4.78, 5) is 28.3. The minimum absolute atomic E-state index is 0.0160. The number of rotatable bonds is 12. The lowest BCUT2D eigenvalue weighted by Crippen LogP contribution is -2.51. The Morgan fingerprint density at radius 2 is 1.71 bits per heavy atom. The Morgan fingerprint density at radius 3 is 2.29 bits per heavy atom. The Morgan fingerprint density at radius 1 is 1.05 bits per heavy atom. The molecule has 0 heterocycles. The zero-order valence-electron chi connectivity index (χ0n) is 22.3. The summed E-state index contributed by atoms with van der Waals surface area (Å²) in [6.07, 6.45) is 5.52. The standard InChI is InChI=1S/C28H37F2N3O4S/c1-4-26(28(35)31-22-8-5-6-9-22)32(19-21-13-11-20(2)12-14-21)27(34)10-7-17-33(38(3,36)37)23-15-16-24(29)25(30)18-23/h11-16,18,22,26H,4-10,17,19H2,1-3H3,(H,31,35). The SMILES string of the molecule is CCC(C(=O)NC1CCCC1)N(Cc1ccc(C)cc1)C(=O)CCCN(c1ccc(F)c(F)c1)S(C)(=O)=O. The molecule has 2 amide bonds. The van der Waals surface area contributed by atoms with Crippen molar-refractivity contribution in [2.45, 2.75) is 77.4 Å². The summed E-state index contributed by atoms with van der Waals surface area (Å²) in [5.41, 5.74) is 1.95. The van der Waals surface area contributed by atoms with Crippen LogP contribution in [0.2, 0.25) is 0 Å². The molecule has 1 N–H and O–H groups in total. The van der Waals surface area contributed by atoms with Crippen LogP contribution >= 0.6 is 0 Å². The van der Waals surface area contributed by atoms with E-state index in [0.29, 0.717) is 6.42 Å². The van der Waals surface area contributed by atoms with Gasteiger partial charge in [-0.15, -0.1) is 0 Å². The van der Waals surface area contributed by atoms with Crippen LogP contribution in [0.4, 0.5) is 14.5 Å².